The van der Waals surface area contributed by atoms with Gasteiger partial charge in [-0.05, 0) is 67.1 Å². The van der Waals surface area contributed by atoms with Crippen LogP contribution < -0.4 is 19.7 Å². The largest absolute Gasteiger partial charge is 0.497 e. The van der Waals surface area contributed by atoms with Gasteiger partial charge in [0.15, 0.2) is 11.5 Å². The van der Waals surface area contributed by atoms with E-state index in [0.29, 0.717) is 34.0 Å². The van der Waals surface area contributed by atoms with Crippen LogP contribution in [0.2, 0.25) is 0 Å². The Morgan fingerprint density at radius 1 is 0.975 bits per heavy atom. The molecular formula is C28H23F3N6O3. The number of carbonyl (C=O) groups is 1. The molecule has 0 aliphatic carbocycles. The van der Waals surface area contributed by atoms with Crippen molar-refractivity contribution in [3.05, 3.63) is 89.9 Å². The Hall–Kier alpha value is -5.13. The van der Waals surface area contributed by atoms with Gasteiger partial charge in [-0.1, -0.05) is 6.07 Å². The molecule has 3 aromatic carbocycles. The van der Waals surface area contributed by atoms with Gasteiger partial charge in [-0.2, -0.15) is 18.3 Å². The Morgan fingerprint density at radius 2 is 1.75 bits per heavy atom. The molecule has 5 aromatic rings. The minimum Gasteiger partial charge on any atom is -0.497 e. The molecule has 1 amide bonds. The Balaban J connectivity index is 1.57. The quantitative estimate of drug-likeness (QED) is 0.242. The van der Waals surface area contributed by atoms with Crippen LogP contribution in [-0.4, -0.2) is 40.3 Å². The second-order valence-corrected chi connectivity index (χ2v) is 8.73. The summed E-state index contributed by atoms with van der Waals surface area (Å²) in [7, 11) is 2.72. The van der Waals surface area contributed by atoms with Crippen LogP contribution in [-0.2, 0) is 6.18 Å². The predicted molar refractivity (Wildman–Crippen MR) is 144 cm³/mol. The normalized spacial score (nSPS) is 11.3. The monoisotopic (exact) mass is 548 g/mol. The maximum Gasteiger partial charge on any atom is 0.420 e. The van der Waals surface area contributed by atoms with E-state index in [9.17, 15) is 18.0 Å². The van der Waals surface area contributed by atoms with Crippen molar-refractivity contribution in [3.63, 3.8) is 0 Å². The number of hydrogen-bond acceptors (Lipinski definition) is 7. The number of fused-ring (bicyclic) bond motifs is 1. The molecule has 204 valence electrons. The highest BCUT2D eigenvalue weighted by Crippen LogP contribution is 2.40. The van der Waals surface area contributed by atoms with Crippen molar-refractivity contribution < 1.29 is 27.4 Å². The Labute approximate surface area is 226 Å². The molecule has 0 aliphatic rings. The van der Waals surface area contributed by atoms with E-state index in [2.05, 4.69) is 25.5 Å². The van der Waals surface area contributed by atoms with Crippen LogP contribution in [0.25, 0.3) is 11.0 Å². The van der Waals surface area contributed by atoms with Crippen LogP contribution in [0.5, 0.6) is 11.5 Å². The molecule has 9 nitrogen and oxygen atoms in total. The van der Waals surface area contributed by atoms with E-state index in [1.807, 2.05) is 24.0 Å². The average Bonchev–Trinajstić information content (AvgIpc) is 3.44. The van der Waals surface area contributed by atoms with Crippen LogP contribution in [0.4, 0.5) is 36.1 Å². The van der Waals surface area contributed by atoms with Gasteiger partial charge < -0.3 is 14.8 Å². The predicted octanol–water partition coefficient (Wildman–Crippen LogP) is 6.42. The molecule has 0 radical (unpaired) electrons. The number of rotatable bonds is 7. The fourth-order valence-electron chi connectivity index (χ4n) is 4.24. The summed E-state index contributed by atoms with van der Waals surface area (Å²) in [6.45, 7) is 1.88. The molecule has 5 rings (SSSR count). The second-order valence-electron chi connectivity index (χ2n) is 8.73. The second kappa shape index (κ2) is 10.6. The summed E-state index contributed by atoms with van der Waals surface area (Å²) < 4.78 is 50.6. The third kappa shape index (κ3) is 5.10. The van der Waals surface area contributed by atoms with Gasteiger partial charge in [0.1, 0.15) is 17.8 Å². The number of ether oxygens (including phenoxy) is 2. The molecule has 0 saturated carbocycles. The van der Waals surface area contributed by atoms with Crippen molar-refractivity contribution in [2.75, 3.05) is 24.4 Å². The number of nitrogens with one attached hydrogen (secondary N) is 2. The lowest BCUT2D eigenvalue weighted by Gasteiger charge is -2.26. The van der Waals surface area contributed by atoms with E-state index < -0.39 is 17.6 Å². The molecule has 0 saturated heterocycles. The van der Waals surface area contributed by atoms with Crippen molar-refractivity contribution in [2.24, 2.45) is 0 Å². The van der Waals surface area contributed by atoms with Gasteiger partial charge in [-0.25, -0.2) is 9.97 Å². The average molecular weight is 549 g/mol. The standard InChI is InChI=1S/C28H23F3N6O3/c1-16-4-5-17(27(38)35-18-6-11-24(40-3)22(13-18)28(29,30)31)12-23(16)37(19-7-9-20(39-2)10-8-19)26-21-14-34-36-25(21)32-15-33-26/h4-15H,1-3H3,(H,35,38)(H,32,33,34,36). The van der Waals surface area contributed by atoms with Gasteiger partial charge in [-0.3, -0.25) is 14.8 Å². The number of carbonyl (C=O) groups excluding carboxylic acids is 1. The first-order chi connectivity index (χ1) is 19.2. The highest BCUT2D eigenvalue weighted by Gasteiger charge is 2.34. The molecular weight excluding hydrogens is 525 g/mol. The third-order valence-corrected chi connectivity index (χ3v) is 6.24. The number of amides is 1. The number of nitrogens with zero attached hydrogens (tertiary/aromatic N) is 4. The molecule has 2 heterocycles. The number of H-pyrrole nitrogens is 1. The maximum absolute atomic E-state index is 13.5. The molecule has 40 heavy (non-hydrogen) atoms. The van der Waals surface area contributed by atoms with E-state index >= 15 is 0 Å². The molecule has 0 spiro atoms. The number of aryl methyl sites for hydroxylation is 1. The van der Waals surface area contributed by atoms with E-state index in [4.69, 9.17) is 9.47 Å². The summed E-state index contributed by atoms with van der Waals surface area (Å²) in [6.07, 6.45) is -1.65. The SMILES string of the molecule is COc1ccc(N(c2cc(C(=O)Nc3ccc(OC)c(C(F)(F)F)c3)ccc2C)c2ncnc3[nH]ncc23)cc1. The van der Waals surface area contributed by atoms with Gasteiger partial charge in [0.2, 0.25) is 0 Å². The molecule has 12 heteroatoms. The van der Waals surface area contributed by atoms with Gasteiger partial charge in [-0.15, -0.1) is 0 Å². The lowest BCUT2D eigenvalue weighted by Crippen LogP contribution is -2.17. The zero-order chi connectivity index (χ0) is 28.4. The zero-order valence-electron chi connectivity index (χ0n) is 21.6. The fraction of sp³-hybridized carbons (Fsp3) is 0.143. The minimum absolute atomic E-state index is 0.0248. The van der Waals surface area contributed by atoms with E-state index in [1.165, 1.54) is 12.4 Å². The lowest BCUT2D eigenvalue weighted by molar-refractivity contribution is -0.138. The zero-order valence-corrected chi connectivity index (χ0v) is 21.6. The number of benzene rings is 3. The number of anilines is 4. The first-order valence-corrected chi connectivity index (χ1v) is 11.9. The Morgan fingerprint density at radius 3 is 2.45 bits per heavy atom. The summed E-state index contributed by atoms with van der Waals surface area (Å²) in [5.41, 5.74) is 1.87. The smallest absolute Gasteiger partial charge is 0.420 e. The van der Waals surface area contributed by atoms with Crippen molar-refractivity contribution >= 4 is 39.8 Å². The minimum atomic E-state index is -4.65. The first-order valence-electron chi connectivity index (χ1n) is 11.9. The number of methoxy groups -OCH3 is 2. The number of aromatic amines is 1. The topological polar surface area (TPSA) is 105 Å². The van der Waals surface area contributed by atoms with Crippen LogP contribution in [0.1, 0.15) is 21.5 Å². The summed E-state index contributed by atoms with van der Waals surface area (Å²) in [5, 5.41) is 10.1. The molecule has 2 aromatic heterocycles. The molecule has 0 atom stereocenters. The first kappa shape index (κ1) is 26.5. The Bertz CT molecular complexity index is 1690. The number of halogens is 3. The molecule has 0 fully saturated rings. The van der Waals surface area contributed by atoms with Crippen LogP contribution in [0, 0.1) is 6.92 Å². The van der Waals surface area contributed by atoms with Gasteiger partial charge in [0, 0.05) is 16.9 Å². The number of hydrogen-bond donors (Lipinski definition) is 2. The maximum atomic E-state index is 13.5. The van der Waals surface area contributed by atoms with Gasteiger partial charge >= 0.3 is 6.18 Å². The van der Waals surface area contributed by atoms with Gasteiger partial charge in [0.25, 0.3) is 5.91 Å². The highest BCUT2D eigenvalue weighted by atomic mass is 19.4. The van der Waals surface area contributed by atoms with Crippen molar-refractivity contribution in [3.8, 4) is 11.5 Å². The number of alkyl halides is 3. The lowest BCUT2D eigenvalue weighted by atomic mass is 10.1. The Kier molecular flexibility index (Phi) is 6.99. The summed E-state index contributed by atoms with van der Waals surface area (Å²) in [4.78, 5) is 23.8. The summed E-state index contributed by atoms with van der Waals surface area (Å²) >= 11 is 0. The van der Waals surface area contributed by atoms with E-state index in [1.54, 1.807) is 43.6 Å². The fourth-order valence-corrected chi connectivity index (χ4v) is 4.24. The van der Waals surface area contributed by atoms with Crippen molar-refractivity contribution in [1.82, 2.24) is 20.2 Å². The van der Waals surface area contributed by atoms with Gasteiger partial charge in [0.05, 0.1) is 37.1 Å². The molecule has 0 unspecified atom stereocenters. The van der Waals surface area contributed by atoms with Crippen LogP contribution in [0.15, 0.2) is 73.2 Å². The molecule has 0 aliphatic heterocycles. The van der Waals surface area contributed by atoms with Crippen LogP contribution in [0.3, 0.4) is 0 Å². The summed E-state index contributed by atoms with van der Waals surface area (Å²) in [5.74, 6) is 0.232. The highest BCUT2D eigenvalue weighted by molar-refractivity contribution is 6.05. The van der Waals surface area contributed by atoms with Crippen LogP contribution >= 0.6 is 0 Å². The van der Waals surface area contributed by atoms with E-state index in [-0.39, 0.29) is 17.0 Å². The molecule has 0 bridgehead atoms. The molecule has 2 N–H and O–H groups in total. The summed E-state index contributed by atoms with van der Waals surface area (Å²) in [6, 6.07) is 15.6. The number of aromatic nitrogens is 4. The third-order valence-electron chi connectivity index (χ3n) is 6.24. The van der Waals surface area contributed by atoms with Crippen molar-refractivity contribution in [1.29, 1.82) is 0 Å². The van der Waals surface area contributed by atoms with E-state index in [0.717, 1.165) is 24.8 Å². The van der Waals surface area contributed by atoms with Crippen molar-refractivity contribution in [2.45, 2.75) is 13.1 Å².